The first kappa shape index (κ1) is 10.1. The van der Waals surface area contributed by atoms with Gasteiger partial charge in [0.05, 0.1) is 11.9 Å². The highest BCUT2D eigenvalue weighted by atomic mass is 15.1. The second-order valence-electron chi connectivity index (χ2n) is 2.06. The molecule has 0 saturated heterocycles. The van der Waals surface area contributed by atoms with Gasteiger partial charge in [-0.25, -0.2) is 0 Å². The van der Waals surface area contributed by atoms with Crippen LogP contribution in [0.25, 0.3) is 0 Å². The molecule has 0 saturated carbocycles. The van der Waals surface area contributed by atoms with Crippen molar-refractivity contribution in [2.45, 2.75) is 34.1 Å². The highest BCUT2D eigenvalue weighted by Crippen LogP contribution is 1.97. The minimum absolute atomic E-state index is 0.995. The minimum atomic E-state index is 0.995. The van der Waals surface area contributed by atoms with Crippen LogP contribution >= 0.6 is 0 Å². The first-order valence-corrected chi connectivity index (χ1v) is 4.11. The van der Waals surface area contributed by atoms with Crippen molar-refractivity contribution in [2.75, 3.05) is 0 Å². The molecule has 0 aliphatic carbocycles. The third-order valence-electron chi connectivity index (χ3n) is 1.24. The van der Waals surface area contributed by atoms with Gasteiger partial charge in [-0.1, -0.05) is 20.8 Å². The smallest absolute Gasteiger partial charge is 0.0602 e. The van der Waals surface area contributed by atoms with Crippen molar-refractivity contribution in [3.05, 3.63) is 23.5 Å². The van der Waals surface area contributed by atoms with E-state index in [0.717, 1.165) is 12.1 Å². The fourth-order valence-electron chi connectivity index (χ4n) is 0.722. The van der Waals surface area contributed by atoms with E-state index in [9.17, 15) is 0 Å². The first-order valence-electron chi connectivity index (χ1n) is 4.11. The van der Waals surface area contributed by atoms with Crippen LogP contribution in [0.1, 0.15) is 32.0 Å². The van der Waals surface area contributed by atoms with E-state index in [2.05, 4.69) is 17.1 Å². The van der Waals surface area contributed by atoms with Crippen molar-refractivity contribution in [3.8, 4) is 0 Å². The van der Waals surface area contributed by atoms with Crippen molar-refractivity contribution in [3.63, 3.8) is 0 Å². The van der Waals surface area contributed by atoms with Gasteiger partial charge in [-0.3, -0.25) is 0 Å². The SMILES string of the molecule is CC.CCc1cnnc(C)c1. The quantitative estimate of drug-likeness (QED) is 0.617. The summed E-state index contributed by atoms with van der Waals surface area (Å²) in [6.45, 7) is 8.06. The van der Waals surface area contributed by atoms with Gasteiger partial charge in [-0.15, -0.1) is 0 Å². The van der Waals surface area contributed by atoms with Crippen LogP contribution in [-0.2, 0) is 6.42 Å². The molecule has 1 rings (SSSR count). The van der Waals surface area contributed by atoms with E-state index >= 15 is 0 Å². The van der Waals surface area contributed by atoms with Gasteiger partial charge in [-0.05, 0) is 25.0 Å². The zero-order chi connectivity index (χ0) is 8.69. The standard InChI is InChI=1S/C7H10N2.C2H6/c1-3-7-4-6(2)9-8-5-7;1-2/h4-5H,3H2,1-2H3;1-2H3. The molecule has 2 heteroatoms. The van der Waals surface area contributed by atoms with E-state index in [1.807, 2.05) is 26.8 Å². The monoisotopic (exact) mass is 152 g/mol. The van der Waals surface area contributed by atoms with E-state index in [4.69, 9.17) is 0 Å². The summed E-state index contributed by atoms with van der Waals surface area (Å²) in [5, 5.41) is 7.64. The Morgan fingerprint density at radius 3 is 2.36 bits per heavy atom. The number of aryl methyl sites for hydroxylation is 2. The molecule has 0 aliphatic rings. The third kappa shape index (κ3) is 3.71. The summed E-state index contributed by atoms with van der Waals surface area (Å²) in [6, 6.07) is 2.05. The maximum Gasteiger partial charge on any atom is 0.0602 e. The molecule has 11 heavy (non-hydrogen) atoms. The molecule has 2 nitrogen and oxygen atoms in total. The fourth-order valence-corrected chi connectivity index (χ4v) is 0.722. The Labute approximate surface area is 68.7 Å². The summed E-state index contributed by atoms with van der Waals surface area (Å²) in [4.78, 5) is 0. The highest BCUT2D eigenvalue weighted by molar-refractivity contribution is 5.10. The molecule has 62 valence electrons. The minimum Gasteiger partial charge on any atom is -0.159 e. The Hall–Kier alpha value is -0.920. The normalized spacial score (nSPS) is 8.36. The van der Waals surface area contributed by atoms with Crippen molar-refractivity contribution in [1.82, 2.24) is 10.2 Å². The third-order valence-corrected chi connectivity index (χ3v) is 1.24. The maximum atomic E-state index is 3.84. The molecule has 1 heterocycles. The molecule has 0 unspecified atom stereocenters. The Morgan fingerprint density at radius 1 is 1.36 bits per heavy atom. The molecule has 0 aromatic carbocycles. The number of hydrogen-bond donors (Lipinski definition) is 0. The van der Waals surface area contributed by atoms with Crippen LogP contribution in [0.4, 0.5) is 0 Å². The van der Waals surface area contributed by atoms with Gasteiger partial charge in [0.15, 0.2) is 0 Å². The first-order chi connectivity index (χ1) is 5.33. The summed E-state index contributed by atoms with van der Waals surface area (Å²) in [5.74, 6) is 0. The Morgan fingerprint density at radius 2 is 2.00 bits per heavy atom. The number of nitrogens with zero attached hydrogens (tertiary/aromatic N) is 2. The number of rotatable bonds is 1. The number of hydrogen-bond acceptors (Lipinski definition) is 2. The van der Waals surface area contributed by atoms with E-state index < -0.39 is 0 Å². The van der Waals surface area contributed by atoms with Gasteiger partial charge in [0.25, 0.3) is 0 Å². The highest BCUT2D eigenvalue weighted by Gasteiger charge is 1.88. The Balaban J connectivity index is 0.000000461. The Bertz CT molecular complexity index is 197. The molecule has 0 spiro atoms. The van der Waals surface area contributed by atoms with Crippen LogP contribution in [-0.4, -0.2) is 10.2 Å². The van der Waals surface area contributed by atoms with Crippen molar-refractivity contribution in [1.29, 1.82) is 0 Å². The zero-order valence-electron chi connectivity index (χ0n) is 7.76. The van der Waals surface area contributed by atoms with Gasteiger partial charge in [0, 0.05) is 0 Å². The molecule has 0 radical (unpaired) electrons. The maximum absolute atomic E-state index is 3.84. The molecule has 1 aromatic heterocycles. The summed E-state index contributed by atoms with van der Waals surface area (Å²) in [5.41, 5.74) is 2.25. The lowest BCUT2D eigenvalue weighted by molar-refractivity contribution is 0.943. The van der Waals surface area contributed by atoms with Crippen molar-refractivity contribution in [2.24, 2.45) is 0 Å². The van der Waals surface area contributed by atoms with Crippen LogP contribution in [0.3, 0.4) is 0 Å². The van der Waals surface area contributed by atoms with E-state index in [0.29, 0.717) is 0 Å². The van der Waals surface area contributed by atoms with Crippen LogP contribution in [0.15, 0.2) is 12.3 Å². The van der Waals surface area contributed by atoms with Crippen LogP contribution < -0.4 is 0 Å². The van der Waals surface area contributed by atoms with E-state index in [1.54, 1.807) is 6.20 Å². The van der Waals surface area contributed by atoms with Crippen LogP contribution in [0.2, 0.25) is 0 Å². The van der Waals surface area contributed by atoms with Gasteiger partial charge in [0.1, 0.15) is 0 Å². The number of aromatic nitrogens is 2. The Kier molecular flexibility index (Phi) is 5.35. The molecular weight excluding hydrogens is 136 g/mol. The predicted octanol–water partition coefficient (Wildman–Crippen LogP) is 2.37. The van der Waals surface area contributed by atoms with E-state index in [1.165, 1.54) is 5.56 Å². The molecule has 0 N–H and O–H groups in total. The molecular formula is C9H16N2. The second-order valence-corrected chi connectivity index (χ2v) is 2.06. The zero-order valence-corrected chi connectivity index (χ0v) is 7.76. The van der Waals surface area contributed by atoms with Crippen LogP contribution in [0, 0.1) is 6.92 Å². The van der Waals surface area contributed by atoms with Gasteiger partial charge < -0.3 is 0 Å². The lowest BCUT2D eigenvalue weighted by atomic mass is 10.2. The van der Waals surface area contributed by atoms with E-state index in [-0.39, 0.29) is 0 Å². The molecule has 0 atom stereocenters. The average molecular weight is 152 g/mol. The summed E-state index contributed by atoms with van der Waals surface area (Å²) >= 11 is 0. The summed E-state index contributed by atoms with van der Waals surface area (Å²) < 4.78 is 0. The molecule has 0 amide bonds. The fraction of sp³-hybridized carbons (Fsp3) is 0.556. The topological polar surface area (TPSA) is 25.8 Å². The second kappa shape index (κ2) is 5.83. The summed E-state index contributed by atoms with van der Waals surface area (Å²) in [7, 11) is 0. The molecule has 0 aliphatic heterocycles. The van der Waals surface area contributed by atoms with Gasteiger partial charge in [-0.2, -0.15) is 10.2 Å². The van der Waals surface area contributed by atoms with Crippen molar-refractivity contribution < 1.29 is 0 Å². The largest absolute Gasteiger partial charge is 0.159 e. The molecule has 0 fully saturated rings. The lowest BCUT2D eigenvalue weighted by Crippen LogP contribution is -1.88. The summed E-state index contributed by atoms with van der Waals surface area (Å²) in [6.07, 6.45) is 2.84. The van der Waals surface area contributed by atoms with Crippen molar-refractivity contribution >= 4 is 0 Å². The lowest BCUT2D eigenvalue weighted by Gasteiger charge is -1.93. The van der Waals surface area contributed by atoms with Gasteiger partial charge >= 0.3 is 0 Å². The van der Waals surface area contributed by atoms with Gasteiger partial charge in [0.2, 0.25) is 0 Å². The predicted molar refractivity (Wildman–Crippen MR) is 47.5 cm³/mol. The molecule has 0 bridgehead atoms. The average Bonchev–Trinajstić information content (AvgIpc) is 2.08. The van der Waals surface area contributed by atoms with Crippen LogP contribution in [0.5, 0.6) is 0 Å². The molecule has 1 aromatic rings.